The summed E-state index contributed by atoms with van der Waals surface area (Å²) in [6, 6.07) is -1.43. The first-order valence-electron chi connectivity index (χ1n) is 12.7. The number of amides is 4. The third kappa shape index (κ3) is 29.1. The molecule has 19 nitrogen and oxygen atoms in total. The minimum absolute atomic E-state index is 0. The molecule has 0 bridgehead atoms. The molecule has 0 saturated carbocycles. The number of hydrazine groups is 2. The Morgan fingerprint density at radius 1 is 0.957 bits per heavy atom. The molecule has 3 unspecified atom stereocenters. The molecule has 14 N–H and O–H groups in total. The van der Waals surface area contributed by atoms with Crippen molar-refractivity contribution in [3.8, 4) is 0 Å². The van der Waals surface area contributed by atoms with Crippen LogP contribution in [0, 0.1) is 0 Å². The maximum atomic E-state index is 11.2. The van der Waals surface area contributed by atoms with Crippen LogP contribution in [0.15, 0.2) is 0 Å². The zero-order chi connectivity index (χ0) is 35.4. The number of thiol groups is 2. The van der Waals surface area contributed by atoms with Crippen LogP contribution < -0.4 is 56.5 Å². The van der Waals surface area contributed by atoms with Crippen molar-refractivity contribution in [1.29, 1.82) is 0 Å². The highest BCUT2D eigenvalue weighted by Crippen LogP contribution is 2.07. The molecule has 2 rings (SSSR count). The number of hydrogen-bond donors (Lipinski definition) is 11. The largest absolute Gasteiger partial charge is 1.00 e. The van der Waals surface area contributed by atoms with E-state index in [-0.39, 0.29) is 82.7 Å². The van der Waals surface area contributed by atoms with Crippen molar-refractivity contribution in [2.24, 2.45) is 17.5 Å². The van der Waals surface area contributed by atoms with Gasteiger partial charge in [0.1, 0.15) is 12.1 Å². The van der Waals surface area contributed by atoms with Gasteiger partial charge < -0.3 is 48.1 Å². The van der Waals surface area contributed by atoms with Crippen LogP contribution >= 0.6 is 49.0 Å². The highest BCUT2D eigenvalue weighted by Gasteiger charge is 2.28. The number of nitrogens with one attached hydrogen (secondary N) is 4. The molecule has 3 atom stereocenters. The van der Waals surface area contributed by atoms with Gasteiger partial charge in [-0.15, -0.1) is 0 Å². The molecular weight excluding hydrogens is 716 g/mol. The van der Waals surface area contributed by atoms with Crippen molar-refractivity contribution < 1.29 is 71.1 Å². The topological polar surface area (TPSA) is 329 Å². The van der Waals surface area contributed by atoms with Gasteiger partial charge in [-0.3, -0.25) is 45.9 Å². The van der Waals surface area contributed by atoms with Crippen LogP contribution in [0.4, 0.5) is 0 Å². The van der Waals surface area contributed by atoms with Crippen LogP contribution in [0.5, 0.6) is 0 Å². The Balaban J connectivity index is -0.000000256. The summed E-state index contributed by atoms with van der Waals surface area (Å²) in [7, 11) is 0. The third-order valence-corrected chi connectivity index (χ3v) is 6.77. The Hall–Kier alpha value is -2.35. The average molecular weight is 759 g/mol. The summed E-state index contributed by atoms with van der Waals surface area (Å²) in [5, 5.41) is 13.2. The van der Waals surface area contributed by atoms with Gasteiger partial charge in [0.2, 0.25) is 17.7 Å². The molecule has 0 aliphatic carbocycles. The van der Waals surface area contributed by atoms with E-state index in [0.717, 1.165) is 29.9 Å². The van der Waals surface area contributed by atoms with Gasteiger partial charge in [-0.2, -0.15) is 12.6 Å². The van der Waals surface area contributed by atoms with Gasteiger partial charge in [-0.05, 0) is 6.42 Å². The number of aliphatic hydroxyl groups is 1. The van der Waals surface area contributed by atoms with Crippen molar-refractivity contribution >= 4 is 94.8 Å². The Bertz CT molecular complexity index is 973. The lowest BCUT2D eigenvalue weighted by Gasteiger charge is -2.14. The summed E-state index contributed by atoms with van der Waals surface area (Å²) in [6.45, 7) is 3.51. The average Bonchev–Trinajstić information content (AvgIpc) is 3.61. The van der Waals surface area contributed by atoms with Gasteiger partial charge in [0.15, 0.2) is 16.3 Å². The van der Waals surface area contributed by atoms with Crippen LogP contribution in [-0.4, -0.2) is 106 Å². The maximum Gasteiger partial charge on any atom is 0.364 e. The van der Waals surface area contributed by atoms with Crippen molar-refractivity contribution in [3.63, 3.8) is 0 Å². The van der Waals surface area contributed by atoms with Gasteiger partial charge in [0.25, 0.3) is 5.91 Å². The van der Waals surface area contributed by atoms with Crippen LogP contribution in [0.25, 0.3) is 0 Å². The summed E-state index contributed by atoms with van der Waals surface area (Å²) in [6.07, 6.45) is 1.43. The van der Waals surface area contributed by atoms with Gasteiger partial charge in [0, 0.05) is 33.3 Å². The highest BCUT2D eigenvalue weighted by molar-refractivity contribution is 8.14. The fourth-order valence-corrected chi connectivity index (χ4v) is 3.61. The molecule has 0 radical (unpaired) electrons. The number of hydrogen-bond acceptors (Lipinski definition) is 18. The van der Waals surface area contributed by atoms with Crippen LogP contribution in [0.2, 0.25) is 0 Å². The van der Waals surface area contributed by atoms with Crippen molar-refractivity contribution in [2.75, 3.05) is 37.1 Å². The Labute approximate surface area is 291 Å². The SMILES string of the molecule is CC(=O)SCC(=O)NC1CCOC1=O.CC(=O)SCC(=O)NS.NN.NNC(=O)C(CCO)NC(=O)CS.[Cl-].[NH3+]C1CCOC1=O. The number of thioether (sulfide) groups is 2. The molecule has 4 amide bonds. The van der Waals surface area contributed by atoms with Gasteiger partial charge >= 0.3 is 11.9 Å². The fourth-order valence-electron chi connectivity index (χ4n) is 2.51. The molecule has 2 fully saturated rings. The number of esters is 2. The monoisotopic (exact) mass is 758 g/mol. The minimum Gasteiger partial charge on any atom is -1.00 e. The lowest BCUT2D eigenvalue weighted by atomic mass is 10.2. The number of carbonyl (C=O) groups is 8. The Kier molecular flexibility index (Phi) is 35.8. The molecule has 2 heterocycles. The quantitative estimate of drug-likeness (QED) is 0.0324. The third-order valence-electron chi connectivity index (χ3n) is 4.61. The summed E-state index contributed by atoms with van der Waals surface area (Å²) in [5.74, 6) is 11.0. The second-order valence-electron chi connectivity index (χ2n) is 8.12. The molecular formula is C22H43ClN8O11S4. The van der Waals surface area contributed by atoms with Crippen LogP contribution in [0.3, 0.4) is 0 Å². The zero-order valence-electron chi connectivity index (χ0n) is 25.2. The smallest absolute Gasteiger partial charge is 0.364 e. The number of cyclic esters (lactones) is 2. The van der Waals surface area contributed by atoms with E-state index in [4.69, 9.17) is 10.9 Å². The lowest BCUT2D eigenvalue weighted by Crippen LogP contribution is -3.00. The lowest BCUT2D eigenvalue weighted by molar-refractivity contribution is -0.401. The first-order chi connectivity index (χ1) is 21.2. The number of carbonyl (C=O) groups excluding carboxylic acids is 8. The van der Waals surface area contributed by atoms with E-state index >= 15 is 0 Å². The number of quaternary nitrogens is 1. The maximum absolute atomic E-state index is 11.2. The van der Waals surface area contributed by atoms with E-state index < -0.39 is 24.0 Å². The Morgan fingerprint density at radius 3 is 1.78 bits per heavy atom. The molecule has 46 heavy (non-hydrogen) atoms. The highest BCUT2D eigenvalue weighted by atomic mass is 35.5. The number of aliphatic hydroxyl groups excluding tert-OH is 1. The molecule has 2 saturated heterocycles. The van der Waals surface area contributed by atoms with Gasteiger partial charge in [-0.25, -0.2) is 15.4 Å². The molecule has 2 aliphatic rings. The van der Waals surface area contributed by atoms with E-state index in [2.05, 4.69) is 67.7 Å². The van der Waals surface area contributed by atoms with E-state index in [0.29, 0.717) is 19.6 Å². The van der Waals surface area contributed by atoms with E-state index in [9.17, 15) is 38.4 Å². The van der Waals surface area contributed by atoms with Gasteiger partial charge in [0.05, 0.1) is 30.5 Å². The molecule has 0 aromatic rings. The summed E-state index contributed by atoms with van der Waals surface area (Å²) >= 11 is 9.10. The summed E-state index contributed by atoms with van der Waals surface area (Å²) in [5.41, 5.74) is 5.43. The molecule has 24 heteroatoms. The second kappa shape index (κ2) is 32.6. The van der Waals surface area contributed by atoms with Crippen molar-refractivity contribution in [1.82, 2.24) is 20.8 Å². The van der Waals surface area contributed by atoms with Crippen LogP contribution in [-0.2, 0) is 47.8 Å². The van der Waals surface area contributed by atoms with Gasteiger partial charge in [-0.1, -0.05) is 36.3 Å². The first kappa shape index (κ1) is 50.5. The van der Waals surface area contributed by atoms with Crippen LogP contribution in [0.1, 0.15) is 33.1 Å². The predicted octanol–water partition coefficient (Wildman–Crippen LogP) is -7.94. The molecule has 0 aromatic heterocycles. The summed E-state index contributed by atoms with van der Waals surface area (Å²) in [4.78, 5) is 85.3. The van der Waals surface area contributed by atoms with Crippen molar-refractivity contribution in [2.45, 2.75) is 51.2 Å². The predicted molar refractivity (Wildman–Crippen MR) is 171 cm³/mol. The van der Waals surface area contributed by atoms with E-state index in [1.165, 1.54) is 13.8 Å². The zero-order valence-corrected chi connectivity index (χ0v) is 29.3. The number of rotatable bonds is 10. The second-order valence-corrected chi connectivity index (χ2v) is 11.0. The summed E-state index contributed by atoms with van der Waals surface area (Å²) < 4.78 is 11.3. The molecule has 268 valence electrons. The fraction of sp³-hybridized carbons (Fsp3) is 0.636. The molecule has 2 aliphatic heterocycles. The Morgan fingerprint density at radius 2 is 1.46 bits per heavy atom. The number of ether oxygens (including phenoxy) is 2. The molecule has 0 aromatic carbocycles. The number of nitrogens with two attached hydrogens (primary N) is 3. The first-order valence-corrected chi connectivity index (χ1v) is 15.8. The van der Waals surface area contributed by atoms with E-state index in [1.54, 1.807) is 0 Å². The number of halogens is 1. The molecule has 0 spiro atoms. The normalized spacial score (nSPS) is 16.0. The van der Waals surface area contributed by atoms with E-state index in [1.807, 2.05) is 5.43 Å². The minimum atomic E-state index is -0.797. The standard InChI is InChI=1S/C8H11NO4S.C6H13N3O3S.C4H7NO2S2.C4H7NO2.ClH.H4N2/c1-5(10)14-4-7(11)9-6-2-3-13-8(6)12;7-9-6(12)4(1-2-10)8-5(11)3-13;1-3(6)9-2-4(7)5-8;5-3-1-2-7-4(3)6;;1-2/h6H,2-4H2,1H3,(H,9,11);4,10,13H,1-3,7H2,(H,8,11)(H,9,12);8H,2H2,1H3,(H,5,7);3H,1-2,5H2;1H;1-2H2. The van der Waals surface area contributed by atoms with Crippen molar-refractivity contribution in [3.05, 3.63) is 0 Å².